The van der Waals surface area contributed by atoms with Gasteiger partial charge in [0.15, 0.2) is 0 Å². The molecule has 0 radical (unpaired) electrons. The molecule has 0 saturated heterocycles. The van der Waals surface area contributed by atoms with E-state index in [0.29, 0.717) is 18.6 Å². The SMILES string of the molecule is CC(NCCN(C(C)C)C(C)C)C(=O)NCC(F)(F)F. The van der Waals surface area contributed by atoms with Gasteiger partial charge in [-0.05, 0) is 34.6 Å². The van der Waals surface area contributed by atoms with Crippen molar-refractivity contribution < 1.29 is 18.0 Å². The van der Waals surface area contributed by atoms with Crippen LogP contribution in [0.2, 0.25) is 0 Å². The molecule has 1 atom stereocenters. The van der Waals surface area contributed by atoms with Crippen molar-refractivity contribution in [2.75, 3.05) is 19.6 Å². The van der Waals surface area contributed by atoms with E-state index in [2.05, 4.69) is 37.9 Å². The van der Waals surface area contributed by atoms with Crippen LogP contribution in [0.5, 0.6) is 0 Å². The number of hydrogen-bond acceptors (Lipinski definition) is 3. The Morgan fingerprint density at radius 1 is 1.10 bits per heavy atom. The van der Waals surface area contributed by atoms with Crippen molar-refractivity contribution in [3.05, 3.63) is 0 Å². The first-order valence-corrected chi connectivity index (χ1v) is 6.88. The fraction of sp³-hybridized carbons (Fsp3) is 0.923. The number of amides is 1. The number of rotatable bonds is 8. The molecule has 2 N–H and O–H groups in total. The minimum Gasteiger partial charge on any atom is -0.346 e. The lowest BCUT2D eigenvalue weighted by molar-refractivity contribution is -0.139. The van der Waals surface area contributed by atoms with Crippen molar-refractivity contribution >= 4 is 5.91 Å². The highest BCUT2D eigenvalue weighted by molar-refractivity contribution is 5.81. The number of hydrogen-bond donors (Lipinski definition) is 2. The molecule has 0 aromatic rings. The summed E-state index contributed by atoms with van der Waals surface area (Å²) in [5.74, 6) is -0.636. The molecule has 0 aliphatic heterocycles. The van der Waals surface area contributed by atoms with Crippen LogP contribution >= 0.6 is 0 Å². The van der Waals surface area contributed by atoms with Gasteiger partial charge in [0, 0.05) is 25.2 Å². The van der Waals surface area contributed by atoms with Gasteiger partial charge in [0.05, 0.1) is 6.04 Å². The monoisotopic (exact) mass is 297 g/mol. The zero-order chi connectivity index (χ0) is 15.9. The van der Waals surface area contributed by atoms with Gasteiger partial charge in [-0.3, -0.25) is 9.69 Å². The Labute approximate surface area is 119 Å². The molecular formula is C13H26F3N3O. The summed E-state index contributed by atoms with van der Waals surface area (Å²) in [6.07, 6.45) is -4.37. The van der Waals surface area contributed by atoms with E-state index >= 15 is 0 Å². The van der Waals surface area contributed by atoms with E-state index in [1.54, 1.807) is 6.92 Å². The maximum Gasteiger partial charge on any atom is 0.405 e. The predicted octanol–water partition coefficient (Wildman–Crippen LogP) is 1.76. The third kappa shape index (κ3) is 8.37. The molecule has 20 heavy (non-hydrogen) atoms. The second kappa shape index (κ2) is 8.46. The van der Waals surface area contributed by atoms with Gasteiger partial charge >= 0.3 is 6.18 Å². The Hall–Kier alpha value is -0.820. The summed E-state index contributed by atoms with van der Waals surface area (Å²) in [6.45, 7) is 9.89. The van der Waals surface area contributed by atoms with Crippen molar-refractivity contribution in [3.63, 3.8) is 0 Å². The quantitative estimate of drug-likeness (QED) is 0.717. The molecule has 1 amide bonds. The van der Waals surface area contributed by atoms with Crippen LogP contribution in [0.4, 0.5) is 13.2 Å². The topological polar surface area (TPSA) is 44.4 Å². The predicted molar refractivity (Wildman–Crippen MR) is 73.5 cm³/mol. The van der Waals surface area contributed by atoms with E-state index in [9.17, 15) is 18.0 Å². The normalized spacial score (nSPS) is 14.2. The fourth-order valence-electron chi connectivity index (χ4n) is 1.96. The maximum atomic E-state index is 12.0. The second-order valence-electron chi connectivity index (χ2n) is 5.43. The van der Waals surface area contributed by atoms with Crippen LogP contribution in [0.1, 0.15) is 34.6 Å². The highest BCUT2D eigenvalue weighted by Gasteiger charge is 2.28. The number of nitrogens with one attached hydrogen (secondary N) is 2. The summed E-state index contributed by atoms with van der Waals surface area (Å²) >= 11 is 0. The standard InChI is InChI=1S/C13H26F3N3O/c1-9(2)19(10(3)4)7-6-17-11(5)12(20)18-8-13(14,15)16/h9-11,17H,6-8H2,1-5H3,(H,18,20). The molecule has 0 aromatic heterocycles. The van der Waals surface area contributed by atoms with Crippen LogP contribution in [-0.4, -0.2) is 54.7 Å². The van der Waals surface area contributed by atoms with E-state index in [0.717, 1.165) is 6.54 Å². The lowest BCUT2D eigenvalue weighted by atomic mass is 10.2. The van der Waals surface area contributed by atoms with Crippen molar-refractivity contribution in [1.29, 1.82) is 0 Å². The highest BCUT2D eigenvalue weighted by atomic mass is 19.4. The van der Waals surface area contributed by atoms with Crippen molar-refractivity contribution in [1.82, 2.24) is 15.5 Å². The van der Waals surface area contributed by atoms with E-state index < -0.39 is 24.7 Å². The molecule has 0 rings (SSSR count). The molecular weight excluding hydrogens is 271 g/mol. The summed E-state index contributed by atoms with van der Waals surface area (Å²) in [6, 6.07) is 0.121. The van der Waals surface area contributed by atoms with Gasteiger partial charge in [0.1, 0.15) is 6.54 Å². The first-order chi connectivity index (χ1) is 9.04. The second-order valence-corrected chi connectivity index (χ2v) is 5.43. The fourth-order valence-corrected chi connectivity index (χ4v) is 1.96. The van der Waals surface area contributed by atoms with Crippen LogP contribution in [0.15, 0.2) is 0 Å². The van der Waals surface area contributed by atoms with Gasteiger partial charge in [-0.2, -0.15) is 13.2 Å². The van der Waals surface area contributed by atoms with E-state index in [1.165, 1.54) is 0 Å². The Balaban J connectivity index is 4.03. The Kier molecular flexibility index (Phi) is 8.12. The smallest absolute Gasteiger partial charge is 0.346 e. The molecule has 0 saturated carbocycles. The minimum absolute atomic E-state index is 0.381. The Bertz CT molecular complexity index is 285. The van der Waals surface area contributed by atoms with E-state index in [4.69, 9.17) is 0 Å². The number of carbonyl (C=O) groups is 1. The Morgan fingerprint density at radius 2 is 1.60 bits per heavy atom. The molecule has 0 spiro atoms. The third-order valence-corrected chi connectivity index (χ3v) is 3.00. The summed E-state index contributed by atoms with van der Waals surface area (Å²) in [4.78, 5) is 13.7. The summed E-state index contributed by atoms with van der Waals surface area (Å²) in [5.41, 5.74) is 0. The van der Waals surface area contributed by atoms with Crippen LogP contribution in [-0.2, 0) is 4.79 Å². The molecule has 0 bridgehead atoms. The van der Waals surface area contributed by atoms with Crippen molar-refractivity contribution in [2.45, 2.75) is 58.9 Å². The Morgan fingerprint density at radius 3 is 2.00 bits per heavy atom. The lowest BCUT2D eigenvalue weighted by Gasteiger charge is -2.31. The molecule has 0 heterocycles. The van der Waals surface area contributed by atoms with Crippen LogP contribution in [0.25, 0.3) is 0 Å². The van der Waals surface area contributed by atoms with Crippen LogP contribution < -0.4 is 10.6 Å². The van der Waals surface area contributed by atoms with Gasteiger partial charge in [-0.15, -0.1) is 0 Å². The summed E-state index contributed by atoms with van der Waals surface area (Å²) in [7, 11) is 0. The van der Waals surface area contributed by atoms with Crippen molar-refractivity contribution in [2.24, 2.45) is 0 Å². The maximum absolute atomic E-state index is 12.0. The van der Waals surface area contributed by atoms with Crippen LogP contribution in [0.3, 0.4) is 0 Å². The lowest BCUT2D eigenvalue weighted by Crippen LogP contribution is -2.48. The summed E-state index contributed by atoms with van der Waals surface area (Å²) in [5, 5.41) is 4.80. The molecule has 120 valence electrons. The molecule has 0 aromatic carbocycles. The minimum atomic E-state index is -4.37. The van der Waals surface area contributed by atoms with Crippen LogP contribution in [0, 0.1) is 0 Å². The molecule has 0 fully saturated rings. The number of alkyl halides is 3. The number of halogens is 3. The van der Waals surface area contributed by atoms with Gasteiger partial charge in [-0.1, -0.05) is 0 Å². The van der Waals surface area contributed by atoms with Gasteiger partial charge < -0.3 is 10.6 Å². The first-order valence-electron chi connectivity index (χ1n) is 6.88. The zero-order valence-corrected chi connectivity index (χ0v) is 12.8. The third-order valence-electron chi connectivity index (χ3n) is 3.00. The van der Waals surface area contributed by atoms with Gasteiger partial charge in [0.25, 0.3) is 0 Å². The molecule has 0 aliphatic carbocycles. The summed E-state index contributed by atoms with van der Waals surface area (Å²) < 4.78 is 35.9. The number of nitrogens with zero attached hydrogens (tertiary/aromatic N) is 1. The van der Waals surface area contributed by atoms with Gasteiger partial charge in [-0.25, -0.2) is 0 Å². The number of carbonyl (C=O) groups excluding carboxylic acids is 1. The molecule has 1 unspecified atom stereocenters. The van der Waals surface area contributed by atoms with Crippen molar-refractivity contribution in [3.8, 4) is 0 Å². The molecule has 4 nitrogen and oxygen atoms in total. The van der Waals surface area contributed by atoms with E-state index in [-0.39, 0.29) is 0 Å². The zero-order valence-electron chi connectivity index (χ0n) is 12.8. The largest absolute Gasteiger partial charge is 0.405 e. The molecule has 7 heteroatoms. The van der Waals surface area contributed by atoms with E-state index in [1.807, 2.05) is 5.32 Å². The average molecular weight is 297 g/mol. The average Bonchev–Trinajstić information content (AvgIpc) is 2.29. The van der Waals surface area contributed by atoms with Gasteiger partial charge in [0.2, 0.25) is 5.91 Å². The highest BCUT2D eigenvalue weighted by Crippen LogP contribution is 2.12. The molecule has 0 aliphatic rings. The first kappa shape index (κ1) is 19.2.